The van der Waals surface area contributed by atoms with E-state index in [1.165, 1.54) is 0 Å². The first kappa shape index (κ1) is 11.8. The molecule has 1 aromatic heterocycles. The molecule has 0 spiro atoms. The Morgan fingerprint density at radius 1 is 1.29 bits per heavy atom. The van der Waals surface area contributed by atoms with Gasteiger partial charge in [-0.15, -0.1) is 0 Å². The Morgan fingerprint density at radius 2 is 2.06 bits per heavy atom. The molecule has 0 radical (unpaired) electrons. The number of halogens is 1. The van der Waals surface area contributed by atoms with Crippen LogP contribution in [0.25, 0.3) is 0 Å². The fraction of sp³-hybridized carbons (Fsp3) is 0. The normalized spacial score (nSPS) is 10.6. The Kier molecular flexibility index (Phi) is 3.90. The topological polar surface area (TPSA) is 41.5 Å². The highest BCUT2D eigenvalue weighted by molar-refractivity contribution is 7.08. The molecule has 5 heteroatoms. The molecule has 2 aromatic rings. The van der Waals surface area contributed by atoms with E-state index in [4.69, 9.17) is 11.6 Å². The smallest absolute Gasteiger partial charge is 0.267 e. The molecule has 0 atom stereocenters. The van der Waals surface area contributed by atoms with Gasteiger partial charge in [-0.1, -0.05) is 11.6 Å². The molecule has 0 fully saturated rings. The van der Waals surface area contributed by atoms with Gasteiger partial charge in [-0.2, -0.15) is 16.4 Å². The molecule has 0 saturated carbocycles. The maximum absolute atomic E-state index is 11.6. The lowest BCUT2D eigenvalue weighted by molar-refractivity contribution is 0.0955. The first-order valence-corrected chi connectivity index (χ1v) is 6.19. The molecule has 1 heterocycles. The van der Waals surface area contributed by atoms with E-state index in [0.29, 0.717) is 10.6 Å². The van der Waals surface area contributed by atoms with Gasteiger partial charge >= 0.3 is 0 Å². The van der Waals surface area contributed by atoms with E-state index in [1.807, 2.05) is 16.8 Å². The Labute approximate surface area is 108 Å². The summed E-state index contributed by atoms with van der Waals surface area (Å²) in [5.41, 5.74) is 3.94. The maximum Gasteiger partial charge on any atom is 0.271 e. The first-order chi connectivity index (χ1) is 8.25. The summed E-state index contributed by atoms with van der Waals surface area (Å²) >= 11 is 7.31. The Hall–Kier alpha value is -1.65. The minimum absolute atomic E-state index is 0.256. The average molecular weight is 265 g/mol. The summed E-state index contributed by atoms with van der Waals surface area (Å²) in [5, 5.41) is 8.35. The molecule has 0 aliphatic heterocycles. The van der Waals surface area contributed by atoms with Gasteiger partial charge in [0.1, 0.15) is 0 Å². The first-order valence-electron chi connectivity index (χ1n) is 4.87. The van der Waals surface area contributed by atoms with E-state index in [0.717, 1.165) is 5.56 Å². The third-order valence-electron chi connectivity index (χ3n) is 2.03. The highest BCUT2D eigenvalue weighted by Gasteiger charge is 2.02. The number of hydrogen-bond donors (Lipinski definition) is 1. The molecule has 0 unspecified atom stereocenters. The summed E-state index contributed by atoms with van der Waals surface area (Å²) in [5.74, 6) is -0.256. The lowest BCUT2D eigenvalue weighted by atomic mass is 10.2. The van der Waals surface area contributed by atoms with Crippen LogP contribution in [0.1, 0.15) is 15.9 Å². The number of benzene rings is 1. The molecule has 3 nitrogen and oxygen atoms in total. The number of nitrogens with zero attached hydrogens (tertiary/aromatic N) is 1. The highest BCUT2D eigenvalue weighted by atomic mass is 35.5. The fourth-order valence-corrected chi connectivity index (χ4v) is 1.92. The van der Waals surface area contributed by atoms with Crippen molar-refractivity contribution in [2.45, 2.75) is 0 Å². The van der Waals surface area contributed by atoms with Crippen LogP contribution in [0.5, 0.6) is 0 Å². The van der Waals surface area contributed by atoms with E-state index in [-0.39, 0.29) is 5.91 Å². The minimum atomic E-state index is -0.256. The van der Waals surface area contributed by atoms with Gasteiger partial charge in [-0.3, -0.25) is 4.79 Å². The van der Waals surface area contributed by atoms with Crippen LogP contribution >= 0.6 is 22.9 Å². The van der Waals surface area contributed by atoms with Gasteiger partial charge in [-0.05, 0) is 41.1 Å². The number of hydrogen-bond acceptors (Lipinski definition) is 3. The molecule has 0 aliphatic carbocycles. The van der Waals surface area contributed by atoms with Crippen molar-refractivity contribution in [3.8, 4) is 0 Å². The van der Waals surface area contributed by atoms with Gasteiger partial charge in [0, 0.05) is 16.1 Å². The van der Waals surface area contributed by atoms with Gasteiger partial charge in [0.15, 0.2) is 0 Å². The summed E-state index contributed by atoms with van der Waals surface area (Å²) in [4.78, 5) is 11.6. The maximum atomic E-state index is 11.6. The summed E-state index contributed by atoms with van der Waals surface area (Å²) in [6, 6.07) is 8.55. The molecule has 0 saturated heterocycles. The van der Waals surface area contributed by atoms with Crippen molar-refractivity contribution in [3.63, 3.8) is 0 Å². The number of nitrogens with one attached hydrogen (secondary N) is 1. The van der Waals surface area contributed by atoms with E-state index in [2.05, 4.69) is 10.5 Å². The average Bonchev–Trinajstić information content (AvgIpc) is 2.83. The standard InChI is InChI=1S/C12H9ClN2OS/c13-11-3-1-10(2-4-11)12(16)15-14-7-9-5-6-17-8-9/h1-8H,(H,15,16)/b14-7+. The molecule has 0 aliphatic rings. The van der Waals surface area contributed by atoms with E-state index in [1.54, 1.807) is 41.8 Å². The molecule has 1 aromatic carbocycles. The van der Waals surface area contributed by atoms with Crippen LogP contribution in [0.3, 0.4) is 0 Å². The fourth-order valence-electron chi connectivity index (χ4n) is 1.18. The molecule has 86 valence electrons. The number of carbonyl (C=O) groups excluding carboxylic acids is 1. The number of thiophene rings is 1. The van der Waals surface area contributed by atoms with Crippen molar-refractivity contribution in [2.75, 3.05) is 0 Å². The Bertz CT molecular complexity index is 520. The molecule has 17 heavy (non-hydrogen) atoms. The zero-order valence-corrected chi connectivity index (χ0v) is 10.3. The quantitative estimate of drug-likeness (QED) is 0.671. The van der Waals surface area contributed by atoms with Crippen molar-refractivity contribution in [3.05, 3.63) is 57.2 Å². The second-order valence-corrected chi connectivity index (χ2v) is 4.48. The molecular weight excluding hydrogens is 256 g/mol. The van der Waals surface area contributed by atoms with Gasteiger partial charge in [-0.25, -0.2) is 5.43 Å². The Morgan fingerprint density at radius 3 is 2.71 bits per heavy atom. The number of amides is 1. The molecule has 2 rings (SSSR count). The van der Waals surface area contributed by atoms with E-state index >= 15 is 0 Å². The summed E-state index contributed by atoms with van der Waals surface area (Å²) in [7, 11) is 0. The third kappa shape index (κ3) is 3.41. The second kappa shape index (κ2) is 5.61. The SMILES string of the molecule is O=C(N/N=C/c1ccsc1)c1ccc(Cl)cc1. The zero-order chi connectivity index (χ0) is 12.1. The number of hydrazone groups is 1. The van der Waals surface area contributed by atoms with Crippen LogP contribution in [-0.4, -0.2) is 12.1 Å². The zero-order valence-electron chi connectivity index (χ0n) is 8.76. The molecule has 1 amide bonds. The van der Waals surface area contributed by atoms with Gasteiger partial charge in [0.2, 0.25) is 0 Å². The van der Waals surface area contributed by atoms with E-state index < -0.39 is 0 Å². The minimum Gasteiger partial charge on any atom is -0.267 e. The van der Waals surface area contributed by atoms with Crippen molar-refractivity contribution in [2.24, 2.45) is 5.10 Å². The molecular formula is C12H9ClN2OS. The van der Waals surface area contributed by atoms with Crippen LogP contribution in [-0.2, 0) is 0 Å². The lowest BCUT2D eigenvalue weighted by Crippen LogP contribution is -2.17. The predicted molar refractivity (Wildman–Crippen MR) is 70.8 cm³/mol. The van der Waals surface area contributed by atoms with Gasteiger partial charge < -0.3 is 0 Å². The Balaban J connectivity index is 1.96. The van der Waals surface area contributed by atoms with Crippen LogP contribution in [0.15, 0.2) is 46.2 Å². The van der Waals surface area contributed by atoms with Crippen LogP contribution in [0.4, 0.5) is 0 Å². The van der Waals surface area contributed by atoms with Crippen LogP contribution in [0.2, 0.25) is 5.02 Å². The van der Waals surface area contributed by atoms with Crippen LogP contribution in [0, 0.1) is 0 Å². The molecule has 1 N–H and O–H groups in total. The van der Waals surface area contributed by atoms with Crippen molar-refractivity contribution < 1.29 is 4.79 Å². The van der Waals surface area contributed by atoms with E-state index in [9.17, 15) is 4.79 Å². The predicted octanol–water partition coefficient (Wildman–Crippen LogP) is 3.17. The second-order valence-electron chi connectivity index (χ2n) is 3.26. The molecule has 0 bridgehead atoms. The summed E-state index contributed by atoms with van der Waals surface area (Å²) in [6.07, 6.45) is 1.60. The number of rotatable bonds is 3. The van der Waals surface area contributed by atoms with Crippen molar-refractivity contribution in [1.29, 1.82) is 0 Å². The van der Waals surface area contributed by atoms with Gasteiger partial charge in [0.25, 0.3) is 5.91 Å². The monoisotopic (exact) mass is 264 g/mol. The van der Waals surface area contributed by atoms with Crippen LogP contribution < -0.4 is 5.43 Å². The van der Waals surface area contributed by atoms with Gasteiger partial charge in [0.05, 0.1) is 6.21 Å². The largest absolute Gasteiger partial charge is 0.271 e. The number of carbonyl (C=O) groups is 1. The lowest BCUT2D eigenvalue weighted by Gasteiger charge is -1.99. The summed E-state index contributed by atoms with van der Waals surface area (Å²) < 4.78 is 0. The van der Waals surface area contributed by atoms with Crippen molar-refractivity contribution in [1.82, 2.24) is 5.43 Å². The summed E-state index contributed by atoms with van der Waals surface area (Å²) in [6.45, 7) is 0. The third-order valence-corrected chi connectivity index (χ3v) is 2.98. The highest BCUT2D eigenvalue weighted by Crippen LogP contribution is 2.09. The van der Waals surface area contributed by atoms with Crippen molar-refractivity contribution >= 4 is 35.1 Å².